The number of carboxylic acids is 1. The van der Waals surface area contributed by atoms with Crippen LogP contribution in [0.5, 0.6) is 5.75 Å². The van der Waals surface area contributed by atoms with Crippen molar-refractivity contribution in [2.45, 2.75) is 0 Å². The number of carbonyl (C=O) groups is 2. The summed E-state index contributed by atoms with van der Waals surface area (Å²) in [6.45, 7) is 0. The van der Waals surface area contributed by atoms with Gasteiger partial charge >= 0.3 is 5.97 Å². The first-order chi connectivity index (χ1) is 11.6. The van der Waals surface area contributed by atoms with Gasteiger partial charge in [-0.1, -0.05) is 30.3 Å². The number of aromatic carboxylic acids is 1. The van der Waals surface area contributed by atoms with Gasteiger partial charge in [-0.25, -0.2) is 9.79 Å². The lowest BCUT2D eigenvalue weighted by Crippen LogP contribution is -2.21. The molecule has 0 saturated heterocycles. The molecule has 2 aromatic carbocycles. The van der Waals surface area contributed by atoms with Crippen LogP contribution >= 0.6 is 0 Å². The third-order valence-corrected chi connectivity index (χ3v) is 3.39. The van der Waals surface area contributed by atoms with Gasteiger partial charge in [-0.05, 0) is 35.4 Å². The second kappa shape index (κ2) is 6.37. The van der Waals surface area contributed by atoms with E-state index in [0.717, 1.165) is 0 Å². The maximum Gasteiger partial charge on any atom is 0.363 e. The van der Waals surface area contributed by atoms with Crippen LogP contribution < -0.4 is 9.84 Å². The molecule has 0 atom stereocenters. The van der Waals surface area contributed by atoms with Crippen LogP contribution in [-0.4, -0.2) is 24.9 Å². The smallest absolute Gasteiger partial charge is 0.363 e. The molecule has 1 aliphatic heterocycles. The molecule has 0 unspecified atom stereocenters. The van der Waals surface area contributed by atoms with Gasteiger partial charge in [0.15, 0.2) is 5.70 Å². The summed E-state index contributed by atoms with van der Waals surface area (Å²) in [7, 11) is 1.54. The van der Waals surface area contributed by atoms with Crippen LogP contribution in [0.4, 0.5) is 0 Å². The molecular formula is C18H12NO5-. The number of cyclic esters (lactones) is 1. The van der Waals surface area contributed by atoms with Crippen molar-refractivity contribution < 1.29 is 24.2 Å². The van der Waals surface area contributed by atoms with E-state index in [2.05, 4.69) is 4.99 Å². The fourth-order valence-corrected chi connectivity index (χ4v) is 2.16. The zero-order valence-electron chi connectivity index (χ0n) is 12.7. The number of benzene rings is 2. The number of nitrogens with zero attached hydrogens (tertiary/aromatic N) is 1. The predicted octanol–water partition coefficient (Wildman–Crippen LogP) is 1.40. The van der Waals surface area contributed by atoms with Crippen molar-refractivity contribution in [1.29, 1.82) is 0 Å². The van der Waals surface area contributed by atoms with Crippen molar-refractivity contribution in [3.05, 3.63) is 70.9 Å². The van der Waals surface area contributed by atoms with Gasteiger partial charge < -0.3 is 19.4 Å². The minimum atomic E-state index is -1.26. The van der Waals surface area contributed by atoms with Crippen molar-refractivity contribution in [3.63, 3.8) is 0 Å². The summed E-state index contributed by atoms with van der Waals surface area (Å²) < 4.78 is 10.3. The van der Waals surface area contributed by atoms with Gasteiger partial charge in [0.05, 0.1) is 13.1 Å². The highest BCUT2D eigenvalue weighted by molar-refractivity contribution is 6.13. The monoisotopic (exact) mass is 322 g/mol. The number of carbonyl (C=O) groups excluding carboxylic acids is 2. The lowest BCUT2D eigenvalue weighted by molar-refractivity contribution is -0.255. The van der Waals surface area contributed by atoms with Crippen molar-refractivity contribution >= 4 is 23.9 Å². The lowest BCUT2D eigenvalue weighted by atomic mass is 10.1. The topological polar surface area (TPSA) is 88.0 Å². The summed E-state index contributed by atoms with van der Waals surface area (Å²) in [6, 6.07) is 12.9. The van der Waals surface area contributed by atoms with Crippen molar-refractivity contribution in [1.82, 2.24) is 0 Å². The van der Waals surface area contributed by atoms with Gasteiger partial charge in [-0.15, -0.1) is 0 Å². The van der Waals surface area contributed by atoms with Gasteiger partial charge in [0.2, 0.25) is 5.90 Å². The number of rotatable bonds is 4. The zero-order chi connectivity index (χ0) is 17.1. The summed E-state index contributed by atoms with van der Waals surface area (Å²) in [5.74, 6) is -1.01. The van der Waals surface area contributed by atoms with Crippen LogP contribution in [0, 0.1) is 0 Å². The normalized spacial score (nSPS) is 15.1. The van der Waals surface area contributed by atoms with E-state index in [-0.39, 0.29) is 17.2 Å². The first-order valence-corrected chi connectivity index (χ1v) is 7.05. The van der Waals surface area contributed by atoms with E-state index in [4.69, 9.17) is 9.47 Å². The fourth-order valence-electron chi connectivity index (χ4n) is 2.16. The van der Waals surface area contributed by atoms with Gasteiger partial charge in [-0.3, -0.25) is 0 Å². The SMILES string of the molecule is COc1cccc(C2=N/C(=C\c3ccc(C(=O)[O-])cc3)C(=O)O2)c1. The minimum Gasteiger partial charge on any atom is -0.545 e. The van der Waals surface area contributed by atoms with Crippen LogP contribution in [0.1, 0.15) is 21.5 Å². The van der Waals surface area contributed by atoms with Crippen molar-refractivity contribution in [2.24, 2.45) is 4.99 Å². The van der Waals surface area contributed by atoms with Gasteiger partial charge in [0.1, 0.15) is 5.75 Å². The van der Waals surface area contributed by atoms with Crippen molar-refractivity contribution in [2.75, 3.05) is 7.11 Å². The fraction of sp³-hybridized carbons (Fsp3) is 0.0556. The average Bonchev–Trinajstić information content (AvgIpc) is 2.96. The Bertz CT molecular complexity index is 865. The molecule has 0 radical (unpaired) electrons. The van der Waals surface area contributed by atoms with Crippen LogP contribution in [0.2, 0.25) is 0 Å². The summed E-state index contributed by atoms with van der Waals surface area (Å²) in [4.78, 5) is 26.9. The lowest BCUT2D eigenvalue weighted by Gasteiger charge is -2.02. The molecule has 0 bridgehead atoms. The number of aliphatic imine (C=N–C) groups is 1. The second-order valence-corrected chi connectivity index (χ2v) is 4.98. The Morgan fingerprint density at radius 3 is 2.62 bits per heavy atom. The Morgan fingerprint density at radius 1 is 1.21 bits per heavy atom. The Balaban J connectivity index is 1.89. The largest absolute Gasteiger partial charge is 0.545 e. The Morgan fingerprint density at radius 2 is 1.96 bits per heavy atom. The standard InChI is InChI=1S/C18H13NO5/c1-23-14-4-2-3-13(10-14)16-19-15(18(22)24-16)9-11-5-7-12(8-6-11)17(20)21/h2-10H,1H3,(H,20,21)/p-1/b15-9-. The third-order valence-electron chi connectivity index (χ3n) is 3.39. The minimum absolute atomic E-state index is 0.0618. The van der Waals surface area contributed by atoms with E-state index in [9.17, 15) is 14.7 Å². The Hall–Kier alpha value is -3.41. The summed E-state index contributed by atoms with van der Waals surface area (Å²) >= 11 is 0. The van der Waals surface area contributed by atoms with Crippen LogP contribution in [0.15, 0.2) is 59.2 Å². The molecule has 6 heteroatoms. The molecule has 0 fully saturated rings. The molecule has 1 aliphatic rings. The molecule has 0 aromatic heterocycles. The Labute approximate surface area is 137 Å². The van der Waals surface area contributed by atoms with E-state index in [0.29, 0.717) is 16.9 Å². The second-order valence-electron chi connectivity index (χ2n) is 4.98. The number of hydrogen-bond acceptors (Lipinski definition) is 6. The molecular weight excluding hydrogens is 310 g/mol. The molecule has 24 heavy (non-hydrogen) atoms. The van der Waals surface area contributed by atoms with Gasteiger partial charge in [0, 0.05) is 5.56 Å². The van der Waals surface area contributed by atoms with E-state index < -0.39 is 11.9 Å². The van der Waals surface area contributed by atoms with Gasteiger partial charge in [0.25, 0.3) is 0 Å². The van der Waals surface area contributed by atoms with E-state index in [1.165, 1.54) is 18.2 Å². The highest BCUT2D eigenvalue weighted by atomic mass is 16.6. The molecule has 6 nitrogen and oxygen atoms in total. The maximum atomic E-state index is 12.0. The first-order valence-electron chi connectivity index (χ1n) is 7.05. The van der Waals surface area contributed by atoms with E-state index >= 15 is 0 Å². The highest BCUT2D eigenvalue weighted by Crippen LogP contribution is 2.21. The number of methoxy groups -OCH3 is 1. The molecule has 1 heterocycles. The molecule has 3 rings (SSSR count). The average molecular weight is 322 g/mol. The number of esters is 1. The van der Waals surface area contributed by atoms with Crippen molar-refractivity contribution in [3.8, 4) is 5.75 Å². The molecule has 0 N–H and O–H groups in total. The molecule has 120 valence electrons. The predicted molar refractivity (Wildman–Crippen MR) is 84.4 cm³/mol. The number of hydrogen-bond donors (Lipinski definition) is 0. The first kappa shape index (κ1) is 15.5. The van der Waals surface area contributed by atoms with Crippen LogP contribution in [0.3, 0.4) is 0 Å². The van der Waals surface area contributed by atoms with E-state index in [1.54, 1.807) is 43.5 Å². The third kappa shape index (κ3) is 3.17. The number of carboxylic acid groups (broad SMARTS) is 1. The van der Waals surface area contributed by atoms with Gasteiger partial charge in [-0.2, -0.15) is 0 Å². The van der Waals surface area contributed by atoms with E-state index in [1.807, 2.05) is 0 Å². The number of ether oxygens (including phenoxy) is 2. The zero-order valence-corrected chi connectivity index (χ0v) is 12.7. The molecule has 0 aliphatic carbocycles. The summed E-state index contributed by atoms with van der Waals surface area (Å²) in [5.41, 5.74) is 1.45. The van der Waals surface area contributed by atoms with Crippen LogP contribution in [-0.2, 0) is 9.53 Å². The maximum absolute atomic E-state index is 12.0. The Kier molecular flexibility index (Phi) is 4.11. The highest BCUT2D eigenvalue weighted by Gasteiger charge is 2.24. The molecule has 0 saturated carbocycles. The summed E-state index contributed by atoms with van der Waals surface area (Å²) in [6.07, 6.45) is 1.52. The molecule has 0 amide bonds. The summed E-state index contributed by atoms with van der Waals surface area (Å²) in [5, 5.41) is 10.7. The molecule has 2 aromatic rings. The molecule has 0 spiro atoms. The van der Waals surface area contributed by atoms with Crippen LogP contribution in [0.25, 0.3) is 6.08 Å². The quantitative estimate of drug-likeness (QED) is 0.627.